The van der Waals surface area contributed by atoms with Crippen LogP contribution in [0.15, 0.2) is 48.6 Å². The zero-order chi connectivity index (χ0) is 18.8. The molecule has 0 aliphatic heterocycles. The standard InChI is InChI=1S/C20H32O5/c1-2-3-4-5-6-10-15-19(25-24)16-11-8-7-9-13-18(21)14-12-17-20(22)23/h6-11,13,16,18-19,21,24H,2-5,12,14-15,17H2,1H3,(H,22,23)/b8-7+,10-6-,13-9-,16-11+/t18-,19-/m1/s1. The van der Waals surface area contributed by atoms with Crippen LogP contribution >= 0.6 is 0 Å². The van der Waals surface area contributed by atoms with E-state index in [2.05, 4.69) is 17.9 Å². The van der Waals surface area contributed by atoms with Gasteiger partial charge in [0, 0.05) is 6.42 Å². The highest BCUT2D eigenvalue weighted by atomic mass is 17.1. The van der Waals surface area contributed by atoms with Crippen molar-refractivity contribution < 1.29 is 25.2 Å². The number of allylic oxidation sites excluding steroid dienone is 5. The van der Waals surface area contributed by atoms with Crippen molar-refractivity contribution in [3.63, 3.8) is 0 Å². The van der Waals surface area contributed by atoms with Gasteiger partial charge in [-0.1, -0.05) is 68.4 Å². The molecule has 25 heavy (non-hydrogen) atoms. The van der Waals surface area contributed by atoms with Gasteiger partial charge in [0.1, 0.15) is 6.10 Å². The maximum absolute atomic E-state index is 10.4. The third kappa shape index (κ3) is 16.9. The van der Waals surface area contributed by atoms with Gasteiger partial charge in [0.05, 0.1) is 6.10 Å². The zero-order valence-electron chi connectivity index (χ0n) is 15.1. The normalized spacial score (nSPS) is 15.0. The molecule has 0 bridgehead atoms. The molecule has 2 atom stereocenters. The van der Waals surface area contributed by atoms with Crippen molar-refractivity contribution in [2.24, 2.45) is 0 Å². The minimum absolute atomic E-state index is 0.0685. The molecule has 0 radical (unpaired) electrons. The lowest BCUT2D eigenvalue weighted by atomic mass is 10.1. The molecule has 0 saturated carbocycles. The molecule has 0 aromatic carbocycles. The molecule has 0 aliphatic carbocycles. The summed E-state index contributed by atoms with van der Waals surface area (Å²) in [5.74, 6) is -0.849. The van der Waals surface area contributed by atoms with Crippen LogP contribution in [-0.4, -0.2) is 33.6 Å². The Morgan fingerprint density at radius 1 is 1.04 bits per heavy atom. The first-order valence-corrected chi connectivity index (χ1v) is 8.96. The van der Waals surface area contributed by atoms with Crippen molar-refractivity contribution in [1.29, 1.82) is 0 Å². The summed E-state index contributed by atoms with van der Waals surface area (Å²) in [6, 6.07) is 0. The van der Waals surface area contributed by atoms with Gasteiger partial charge in [0.15, 0.2) is 0 Å². The van der Waals surface area contributed by atoms with Crippen molar-refractivity contribution in [3.05, 3.63) is 48.6 Å². The van der Waals surface area contributed by atoms with E-state index in [1.54, 1.807) is 36.5 Å². The smallest absolute Gasteiger partial charge is 0.303 e. The van der Waals surface area contributed by atoms with Gasteiger partial charge in [-0.05, 0) is 32.1 Å². The molecule has 0 saturated heterocycles. The maximum Gasteiger partial charge on any atom is 0.303 e. The van der Waals surface area contributed by atoms with Gasteiger partial charge < -0.3 is 10.2 Å². The largest absolute Gasteiger partial charge is 0.481 e. The number of hydrogen-bond acceptors (Lipinski definition) is 4. The molecule has 0 fully saturated rings. The Hall–Kier alpha value is -1.69. The molecule has 0 aliphatic rings. The second-order valence-electron chi connectivity index (χ2n) is 5.85. The third-order valence-corrected chi connectivity index (χ3v) is 3.53. The first-order valence-electron chi connectivity index (χ1n) is 8.96. The second kappa shape index (κ2) is 17.1. The molecule has 5 nitrogen and oxygen atoms in total. The van der Waals surface area contributed by atoms with Crippen LogP contribution in [0.1, 0.15) is 58.3 Å². The lowest BCUT2D eigenvalue weighted by Crippen LogP contribution is -2.04. The minimum Gasteiger partial charge on any atom is -0.481 e. The summed E-state index contributed by atoms with van der Waals surface area (Å²) >= 11 is 0. The van der Waals surface area contributed by atoms with Gasteiger partial charge in [-0.25, -0.2) is 4.89 Å². The number of rotatable bonds is 15. The van der Waals surface area contributed by atoms with E-state index in [0.717, 1.165) is 6.42 Å². The number of aliphatic hydroxyl groups excluding tert-OH is 1. The molecule has 0 unspecified atom stereocenters. The Labute approximate surface area is 151 Å². The van der Waals surface area contributed by atoms with E-state index in [4.69, 9.17) is 10.4 Å². The van der Waals surface area contributed by atoms with E-state index in [-0.39, 0.29) is 12.5 Å². The highest BCUT2D eigenvalue weighted by molar-refractivity contribution is 5.66. The summed E-state index contributed by atoms with van der Waals surface area (Å²) in [7, 11) is 0. The highest BCUT2D eigenvalue weighted by Crippen LogP contribution is 2.05. The summed E-state index contributed by atoms with van der Waals surface area (Å²) in [6.45, 7) is 2.17. The number of aliphatic carboxylic acids is 1. The van der Waals surface area contributed by atoms with E-state index >= 15 is 0 Å². The monoisotopic (exact) mass is 352 g/mol. The van der Waals surface area contributed by atoms with E-state index in [0.29, 0.717) is 19.3 Å². The summed E-state index contributed by atoms with van der Waals surface area (Å²) < 4.78 is 0. The first kappa shape index (κ1) is 23.3. The molecule has 0 amide bonds. The van der Waals surface area contributed by atoms with Crippen molar-refractivity contribution in [1.82, 2.24) is 0 Å². The first-order chi connectivity index (χ1) is 12.1. The number of hydrogen-bond donors (Lipinski definition) is 3. The molecule has 0 aromatic rings. The summed E-state index contributed by atoms with van der Waals surface area (Å²) in [4.78, 5) is 14.8. The molecular weight excluding hydrogens is 320 g/mol. The van der Waals surface area contributed by atoms with Gasteiger partial charge in [-0.15, -0.1) is 0 Å². The fourth-order valence-electron chi connectivity index (χ4n) is 2.08. The predicted octanol–water partition coefficient (Wildman–Crippen LogP) is 4.66. The molecule has 0 rings (SSSR count). The van der Waals surface area contributed by atoms with Crippen molar-refractivity contribution in [2.45, 2.75) is 70.5 Å². The maximum atomic E-state index is 10.4. The quantitative estimate of drug-likeness (QED) is 0.131. The lowest BCUT2D eigenvalue weighted by Gasteiger charge is -2.04. The van der Waals surface area contributed by atoms with E-state index in [1.165, 1.54) is 19.3 Å². The Morgan fingerprint density at radius 3 is 2.40 bits per heavy atom. The summed E-state index contributed by atoms with van der Waals surface area (Å²) in [5.41, 5.74) is 0. The van der Waals surface area contributed by atoms with E-state index in [1.807, 2.05) is 6.08 Å². The molecule has 3 N–H and O–H groups in total. The van der Waals surface area contributed by atoms with Crippen LogP contribution in [0.4, 0.5) is 0 Å². The molecule has 142 valence electrons. The van der Waals surface area contributed by atoms with E-state index < -0.39 is 12.1 Å². The molecule has 0 spiro atoms. The van der Waals surface area contributed by atoms with Crippen LogP contribution in [0.3, 0.4) is 0 Å². The fourth-order valence-corrected chi connectivity index (χ4v) is 2.08. The number of carboxylic acids is 1. The minimum atomic E-state index is -0.849. The van der Waals surface area contributed by atoms with Crippen LogP contribution in [0.5, 0.6) is 0 Å². The molecule has 5 heteroatoms. The van der Waals surface area contributed by atoms with Gasteiger partial charge in [0.25, 0.3) is 0 Å². The second-order valence-corrected chi connectivity index (χ2v) is 5.85. The number of carboxylic acid groups (broad SMARTS) is 1. The molecule has 0 heterocycles. The Morgan fingerprint density at radius 2 is 1.76 bits per heavy atom. The lowest BCUT2D eigenvalue weighted by molar-refractivity contribution is -0.264. The Balaban J connectivity index is 3.98. The van der Waals surface area contributed by atoms with Crippen LogP contribution in [-0.2, 0) is 9.68 Å². The number of unbranched alkanes of at least 4 members (excludes halogenated alkanes) is 3. The number of carbonyl (C=O) groups is 1. The molecular formula is C20H32O5. The van der Waals surface area contributed by atoms with Gasteiger partial charge in [0.2, 0.25) is 0 Å². The van der Waals surface area contributed by atoms with Gasteiger partial charge in [-0.3, -0.25) is 10.1 Å². The van der Waals surface area contributed by atoms with Crippen LogP contribution in [0.25, 0.3) is 0 Å². The third-order valence-electron chi connectivity index (χ3n) is 3.53. The average molecular weight is 352 g/mol. The average Bonchev–Trinajstić information content (AvgIpc) is 2.58. The van der Waals surface area contributed by atoms with Gasteiger partial charge >= 0.3 is 5.97 Å². The van der Waals surface area contributed by atoms with Crippen LogP contribution in [0, 0.1) is 0 Å². The predicted molar refractivity (Wildman–Crippen MR) is 100 cm³/mol. The van der Waals surface area contributed by atoms with E-state index in [9.17, 15) is 9.90 Å². The van der Waals surface area contributed by atoms with Crippen LogP contribution < -0.4 is 0 Å². The summed E-state index contributed by atoms with van der Waals surface area (Å²) in [6.07, 6.45) is 19.7. The SMILES string of the molecule is CCCCC/C=C\C[C@H](/C=C/C=C/C=C\[C@@H](O)CCCC(=O)O)OO. The van der Waals surface area contributed by atoms with Crippen LogP contribution in [0.2, 0.25) is 0 Å². The van der Waals surface area contributed by atoms with Crippen molar-refractivity contribution in [3.8, 4) is 0 Å². The Bertz CT molecular complexity index is 437. The van der Waals surface area contributed by atoms with Crippen molar-refractivity contribution >= 4 is 5.97 Å². The fraction of sp³-hybridized carbons (Fsp3) is 0.550. The highest BCUT2D eigenvalue weighted by Gasteiger charge is 2.01. The van der Waals surface area contributed by atoms with Gasteiger partial charge in [-0.2, -0.15) is 0 Å². The summed E-state index contributed by atoms with van der Waals surface area (Å²) in [5, 5.41) is 27.0. The van der Waals surface area contributed by atoms with Crippen molar-refractivity contribution in [2.75, 3.05) is 0 Å². The number of aliphatic hydroxyl groups is 1. The molecule has 0 aromatic heterocycles. The Kier molecular flexibility index (Phi) is 16.0. The topological polar surface area (TPSA) is 87.0 Å². The zero-order valence-corrected chi connectivity index (χ0v) is 15.1.